The van der Waals surface area contributed by atoms with Crippen molar-refractivity contribution in [2.75, 3.05) is 5.75 Å². The molecule has 0 aromatic carbocycles. The van der Waals surface area contributed by atoms with Gasteiger partial charge in [0.1, 0.15) is 11.5 Å². The summed E-state index contributed by atoms with van der Waals surface area (Å²) in [5.41, 5.74) is -0.179. The van der Waals surface area contributed by atoms with Gasteiger partial charge in [0.15, 0.2) is 0 Å². The number of hydrogen-bond donors (Lipinski definition) is 1. The molecule has 0 saturated heterocycles. The Hall–Kier alpha value is -0.420. The molecule has 0 aromatic heterocycles. The Morgan fingerprint density at radius 2 is 1.75 bits per heavy atom. The molecule has 0 aliphatic heterocycles. The van der Waals surface area contributed by atoms with Gasteiger partial charge >= 0.3 is 0 Å². The summed E-state index contributed by atoms with van der Waals surface area (Å²) in [5, 5.41) is 4.71. The average Bonchev–Trinajstić information content (AvgIpc) is 1.49. The van der Waals surface area contributed by atoms with E-state index in [1.807, 2.05) is 20.8 Å². The minimum Gasteiger partial charge on any atom is -0.298 e. The maximum Gasteiger partial charge on any atom is 0.216 e. The fraction of sp³-hybridized carbons (Fsp3) is 0.857. The SMILES string of the molecule is CC(C)(C)CC(=O)CS(N)(=O)=O. The van der Waals surface area contributed by atoms with E-state index in [0.717, 1.165) is 0 Å². The summed E-state index contributed by atoms with van der Waals surface area (Å²) in [6.07, 6.45) is 0.240. The van der Waals surface area contributed by atoms with E-state index in [0.29, 0.717) is 0 Å². The van der Waals surface area contributed by atoms with Crippen LogP contribution in [0.15, 0.2) is 0 Å². The standard InChI is InChI=1S/C7H15NO3S/c1-7(2,3)4-6(9)5-12(8,10)11/h4-5H2,1-3H3,(H2,8,10,11). The number of carbonyl (C=O) groups is 1. The first-order valence-corrected chi connectivity index (χ1v) is 5.34. The number of hydrogen-bond acceptors (Lipinski definition) is 3. The van der Waals surface area contributed by atoms with Crippen LogP contribution in [0.3, 0.4) is 0 Å². The Morgan fingerprint density at radius 1 is 1.33 bits per heavy atom. The monoisotopic (exact) mass is 193 g/mol. The molecule has 72 valence electrons. The summed E-state index contributed by atoms with van der Waals surface area (Å²) in [7, 11) is -3.65. The van der Waals surface area contributed by atoms with Gasteiger partial charge in [-0.1, -0.05) is 20.8 Å². The predicted molar refractivity (Wildman–Crippen MR) is 47.1 cm³/mol. The van der Waals surface area contributed by atoms with Crippen molar-refractivity contribution in [3.05, 3.63) is 0 Å². The smallest absolute Gasteiger partial charge is 0.216 e. The topological polar surface area (TPSA) is 77.2 Å². The van der Waals surface area contributed by atoms with E-state index in [2.05, 4.69) is 0 Å². The van der Waals surface area contributed by atoms with Crippen LogP contribution in [-0.2, 0) is 14.8 Å². The molecule has 0 fully saturated rings. The lowest BCUT2D eigenvalue weighted by atomic mass is 9.90. The van der Waals surface area contributed by atoms with Gasteiger partial charge in [0.25, 0.3) is 0 Å². The lowest BCUT2D eigenvalue weighted by molar-refractivity contribution is -0.118. The Kier molecular flexibility index (Phi) is 3.41. The first-order valence-electron chi connectivity index (χ1n) is 3.62. The fourth-order valence-corrected chi connectivity index (χ4v) is 1.42. The minimum atomic E-state index is -3.65. The molecule has 5 heteroatoms. The van der Waals surface area contributed by atoms with Gasteiger partial charge < -0.3 is 0 Å². The second kappa shape index (κ2) is 3.53. The highest BCUT2D eigenvalue weighted by Crippen LogP contribution is 2.18. The molecule has 0 aliphatic rings. The maximum absolute atomic E-state index is 11.0. The Bertz CT molecular complexity index is 261. The van der Waals surface area contributed by atoms with Gasteiger partial charge in [-0.05, 0) is 5.41 Å². The highest BCUT2D eigenvalue weighted by atomic mass is 32.2. The largest absolute Gasteiger partial charge is 0.298 e. The van der Waals surface area contributed by atoms with E-state index < -0.39 is 15.8 Å². The van der Waals surface area contributed by atoms with Crippen molar-refractivity contribution in [1.82, 2.24) is 0 Å². The molecule has 0 amide bonds. The Morgan fingerprint density at radius 3 is 2.00 bits per heavy atom. The third kappa shape index (κ3) is 7.68. The molecule has 4 nitrogen and oxygen atoms in total. The lowest BCUT2D eigenvalue weighted by Gasteiger charge is -2.15. The van der Waals surface area contributed by atoms with Crippen molar-refractivity contribution < 1.29 is 13.2 Å². The molecule has 0 radical (unpaired) electrons. The molecule has 0 atom stereocenters. The number of sulfonamides is 1. The van der Waals surface area contributed by atoms with Crippen molar-refractivity contribution in [1.29, 1.82) is 0 Å². The minimum absolute atomic E-state index is 0.179. The molecule has 2 N–H and O–H groups in total. The molecule has 0 heterocycles. The molecule has 0 rings (SSSR count). The third-order valence-electron chi connectivity index (χ3n) is 1.09. The van der Waals surface area contributed by atoms with Gasteiger partial charge in [-0.25, -0.2) is 13.6 Å². The molecule has 0 unspecified atom stereocenters. The highest BCUT2D eigenvalue weighted by Gasteiger charge is 2.19. The number of rotatable bonds is 3. The van der Waals surface area contributed by atoms with E-state index >= 15 is 0 Å². The predicted octanol–water partition coefficient (Wildman–Crippen LogP) is 0.280. The molecule has 0 spiro atoms. The number of nitrogens with two attached hydrogens (primary N) is 1. The second-order valence-corrected chi connectivity index (χ2v) is 5.70. The number of Topliss-reactive ketones (excluding diaryl/α,β-unsaturated/α-hetero) is 1. The normalized spacial score (nSPS) is 13.0. The van der Waals surface area contributed by atoms with Crippen LogP contribution in [0.5, 0.6) is 0 Å². The van der Waals surface area contributed by atoms with Gasteiger partial charge in [-0.15, -0.1) is 0 Å². The van der Waals surface area contributed by atoms with Crippen LogP contribution in [-0.4, -0.2) is 20.0 Å². The van der Waals surface area contributed by atoms with Crippen LogP contribution in [0.25, 0.3) is 0 Å². The zero-order chi connectivity index (χ0) is 9.99. The van der Waals surface area contributed by atoms with E-state index in [1.54, 1.807) is 0 Å². The van der Waals surface area contributed by atoms with Crippen molar-refractivity contribution in [2.45, 2.75) is 27.2 Å². The molecular weight excluding hydrogens is 178 g/mol. The molecule has 0 aliphatic carbocycles. The van der Waals surface area contributed by atoms with Crippen molar-refractivity contribution in [3.63, 3.8) is 0 Å². The zero-order valence-corrected chi connectivity index (χ0v) is 8.44. The number of primary sulfonamides is 1. The van der Waals surface area contributed by atoms with Gasteiger partial charge in [-0.3, -0.25) is 4.79 Å². The van der Waals surface area contributed by atoms with E-state index in [4.69, 9.17) is 5.14 Å². The van der Waals surface area contributed by atoms with Crippen LogP contribution in [0, 0.1) is 5.41 Å². The Labute approximate surface area is 73.2 Å². The first-order chi connectivity index (χ1) is 5.10. The van der Waals surface area contributed by atoms with Crippen LogP contribution >= 0.6 is 0 Å². The third-order valence-corrected chi connectivity index (χ3v) is 1.81. The quantitative estimate of drug-likeness (QED) is 0.699. The summed E-state index contributed by atoms with van der Waals surface area (Å²) < 4.78 is 21.0. The summed E-state index contributed by atoms with van der Waals surface area (Å²) in [6, 6.07) is 0. The number of carbonyl (C=O) groups excluding carboxylic acids is 1. The van der Waals surface area contributed by atoms with Crippen molar-refractivity contribution in [3.8, 4) is 0 Å². The first kappa shape index (κ1) is 11.6. The van der Waals surface area contributed by atoms with Crippen molar-refractivity contribution in [2.24, 2.45) is 10.6 Å². The molecule has 0 aromatic rings. The van der Waals surface area contributed by atoms with Crippen molar-refractivity contribution >= 4 is 15.8 Å². The van der Waals surface area contributed by atoms with Gasteiger partial charge in [0, 0.05) is 6.42 Å². The summed E-state index contributed by atoms with van der Waals surface area (Å²) in [6.45, 7) is 5.61. The van der Waals surface area contributed by atoms with Crippen LogP contribution in [0.1, 0.15) is 27.2 Å². The lowest BCUT2D eigenvalue weighted by Crippen LogP contribution is -2.25. The summed E-state index contributed by atoms with van der Waals surface area (Å²) in [5.74, 6) is -0.880. The Balaban J connectivity index is 4.10. The van der Waals surface area contributed by atoms with Crippen LogP contribution in [0.4, 0.5) is 0 Å². The average molecular weight is 193 g/mol. The van der Waals surface area contributed by atoms with E-state index in [9.17, 15) is 13.2 Å². The van der Waals surface area contributed by atoms with E-state index in [-0.39, 0.29) is 17.6 Å². The molecular formula is C7H15NO3S. The van der Waals surface area contributed by atoms with E-state index in [1.165, 1.54) is 0 Å². The maximum atomic E-state index is 11.0. The number of ketones is 1. The highest BCUT2D eigenvalue weighted by molar-refractivity contribution is 7.89. The molecule has 0 saturated carbocycles. The van der Waals surface area contributed by atoms with Crippen LogP contribution < -0.4 is 5.14 Å². The van der Waals surface area contributed by atoms with Gasteiger partial charge in [0.05, 0.1) is 0 Å². The summed E-state index contributed by atoms with van der Waals surface area (Å²) >= 11 is 0. The van der Waals surface area contributed by atoms with Gasteiger partial charge in [0.2, 0.25) is 10.0 Å². The molecule has 0 bridgehead atoms. The molecule has 12 heavy (non-hydrogen) atoms. The van der Waals surface area contributed by atoms with Crippen LogP contribution in [0.2, 0.25) is 0 Å². The van der Waals surface area contributed by atoms with Gasteiger partial charge in [-0.2, -0.15) is 0 Å². The fourth-order valence-electron chi connectivity index (χ4n) is 0.867. The zero-order valence-electron chi connectivity index (χ0n) is 7.62. The second-order valence-electron chi connectivity index (χ2n) is 4.08. The summed E-state index contributed by atoms with van der Waals surface area (Å²) in [4.78, 5) is 11.0.